The van der Waals surface area contributed by atoms with Crippen LogP contribution < -0.4 is 10.6 Å². The summed E-state index contributed by atoms with van der Waals surface area (Å²) in [6, 6.07) is 1.95. The highest BCUT2D eigenvalue weighted by molar-refractivity contribution is 5.79. The van der Waals surface area contributed by atoms with Gasteiger partial charge in [-0.15, -0.1) is 0 Å². The minimum absolute atomic E-state index is 0.353. The molecule has 2 rings (SSSR count). The van der Waals surface area contributed by atoms with Crippen LogP contribution in [0.1, 0.15) is 56.3 Å². The van der Waals surface area contributed by atoms with E-state index >= 15 is 0 Å². The van der Waals surface area contributed by atoms with Gasteiger partial charge in [-0.2, -0.15) is 4.98 Å². The summed E-state index contributed by atoms with van der Waals surface area (Å²) < 4.78 is 10.4. The van der Waals surface area contributed by atoms with Gasteiger partial charge in [0.1, 0.15) is 6.54 Å². The van der Waals surface area contributed by atoms with E-state index in [-0.39, 0.29) is 0 Å². The maximum Gasteiger partial charge on any atom is 0.226 e. The Morgan fingerprint density at radius 2 is 2.08 bits per heavy atom. The standard InChI is InChI=1S/C16H26N6O2/c1-5-17-16(18-8-6-7-15-20-12(4)21-24-15)19-10-13-9-14(11(2)3)22-23-13/h9,11H,5-8,10H2,1-4H3,(H2,17,18,19). The van der Waals surface area contributed by atoms with Crippen LogP contribution in [-0.2, 0) is 13.0 Å². The topological polar surface area (TPSA) is 101 Å². The molecule has 0 radical (unpaired) electrons. The minimum atomic E-state index is 0.353. The van der Waals surface area contributed by atoms with Crippen molar-refractivity contribution < 1.29 is 9.05 Å². The van der Waals surface area contributed by atoms with E-state index in [1.807, 2.05) is 19.9 Å². The van der Waals surface area contributed by atoms with Crippen molar-refractivity contribution in [2.45, 2.75) is 53.0 Å². The third-order valence-electron chi connectivity index (χ3n) is 3.34. The summed E-state index contributed by atoms with van der Waals surface area (Å²) >= 11 is 0. The lowest BCUT2D eigenvalue weighted by molar-refractivity contribution is 0.372. The maximum absolute atomic E-state index is 5.30. The van der Waals surface area contributed by atoms with Crippen molar-refractivity contribution in [3.63, 3.8) is 0 Å². The number of hydrogen-bond acceptors (Lipinski definition) is 6. The molecular formula is C16H26N6O2. The van der Waals surface area contributed by atoms with E-state index in [9.17, 15) is 0 Å². The highest BCUT2D eigenvalue weighted by Gasteiger charge is 2.07. The Bertz CT molecular complexity index is 647. The molecule has 0 amide bonds. The van der Waals surface area contributed by atoms with Gasteiger partial charge in [0.25, 0.3) is 0 Å². The fourth-order valence-corrected chi connectivity index (χ4v) is 2.06. The van der Waals surface area contributed by atoms with E-state index in [0.29, 0.717) is 24.2 Å². The van der Waals surface area contributed by atoms with Crippen molar-refractivity contribution >= 4 is 5.96 Å². The Morgan fingerprint density at radius 1 is 1.25 bits per heavy atom. The van der Waals surface area contributed by atoms with Crippen molar-refractivity contribution in [1.29, 1.82) is 0 Å². The SMILES string of the molecule is CCNC(=NCc1cc(C(C)C)no1)NCCCc1nc(C)no1. The minimum Gasteiger partial charge on any atom is -0.359 e. The number of aliphatic imine (C=N–C) groups is 1. The Kier molecular flexibility index (Phi) is 6.77. The Balaban J connectivity index is 1.79. The molecule has 0 saturated carbocycles. The monoisotopic (exact) mass is 334 g/mol. The van der Waals surface area contributed by atoms with Gasteiger partial charge in [0.05, 0.1) is 5.69 Å². The second kappa shape index (κ2) is 9.05. The summed E-state index contributed by atoms with van der Waals surface area (Å²) in [5, 5.41) is 14.3. The van der Waals surface area contributed by atoms with Crippen molar-refractivity contribution in [3.05, 3.63) is 29.2 Å². The number of nitrogens with one attached hydrogen (secondary N) is 2. The van der Waals surface area contributed by atoms with E-state index in [2.05, 4.69) is 44.8 Å². The lowest BCUT2D eigenvalue weighted by atomic mass is 10.1. The molecule has 0 aliphatic rings. The van der Waals surface area contributed by atoms with Crippen LogP contribution >= 0.6 is 0 Å². The summed E-state index contributed by atoms with van der Waals surface area (Å²) in [6.07, 6.45) is 1.62. The number of rotatable bonds is 8. The fraction of sp³-hybridized carbons (Fsp3) is 0.625. The normalized spacial score (nSPS) is 12.0. The third kappa shape index (κ3) is 5.68. The van der Waals surface area contributed by atoms with Gasteiger partial charge in [-0.05, 0) is 26.2 Å². The molecular weight excluding hydrogens is 308 g/mol. The van der Waals surface area contributed by atoms with Crippen molar-refractivity contribution in [2.75, 3.05) is 13.1 Å². The molecule has 132 valence electrons. The van der Waals surface area contributed by atoms with Gasteiger partial charge in [-0.25, -0.2) is 4.99 Å². The molecule has 2 aromatic heterocycles. The molecule has 2 aromatic rings. The molecule has 0 atom stereocenters. The maximum atomic E-state index is 5.30. The van der Waals surface area contributed by atoms with Gasteiger partial charge in [-0.3, -0.25) is 0 Å². The summed E-state index contributed by atoms with van der Waals surface area (Å²) in [4.78, 5) is 8.70. The summed E-state index contributed by atoms with van der Waals surface area (Å²) in [6.45, 7) is 10.0. The van der Waals surface area contributed by atoms with E-state index < -0.39 is 0 Å². The average molecular weight is 334 g/mol. The molecule has 24 heavy (non-hydrogen) atoms. The highest BCUT2D eigenvalue weighted by atomic mass is 16.5. The van der Waals surface area contributed by atoms with Crippen molar-refractivity contribution in [3.8, 4) is 0 Å². The molecule has 2 heterocycles. The number of aryl methyl sites for hydroxylation is 2. The predicted octanol–water partition coefficient (Wildman–Crippen LogP) is 2.18. The molecule has 0 bridgehead atoms. The van der Waals surface area contributed by atoms with Gasteiger partial charge >= 0.3 is 0 Å². The molecule has 8 heteroatoms. The Morgan fingerprint density at radius 3 is 2.71 bits per heavy atom. The lowest BCUT2D eigenvalue weighted by Gasteiger charge is -2.10. The van der Waals surface area contributed by atoms with E-state index in [4.69, 9.17) is 9.05 Å². The predicted molar refractivity (Wildman–Crippen MR) is 90.8 cm³/mol. The van der Waals surface area contributed by atoms with Crippen LogP contribution in [-0.4, -0.2) is 34.3 Å². The molecule has 0 fully saturated rings. The molecule has 2 N–H and O–H groups in total. The quantitative estimate of drug-likeness (QED) is 0.433. The summed E-state index contributed by atoms with van der Waals surface area (Å²) in [5.41, 5.74) is 0.952. The molecule has 0 aliphatic carbocycles. The van der Waals surface area contributed by atoms with Crippen LogP contribution in [0.25, 0.3) is 0 Å². The number of guanidine groups is 1. The largest absolute Gasteiger partial charge is 0.359 e. The van der Waals surface area contributed by atoms with Crippen LogP contribution in [0.15, 0.2) is 20.1 Å². The molecule has 8 nitrogen and oxygen atoms in total. The fourth-order valence-electron chi connectivity index (χ4n) is 2.06. The smallest absolute Gasteiger partial charge is 0.226 e. The summed E-state index contributed by atoms with van der Waals surface area (Å²) in [5.74, 6) is 3.20. The average Bonchev–Trinajstić information content (AvgIpc) is 3.18. The van der Waals surface area contributed by atoms with Crippen LogP contribution in [0, 0.1) is 6.92 Å². The number of nitrogens with zero attached hydrogens (tertiary/aromatic N) is 4. The van der Waals surface area contributed by atoms with Gasteiger partial charge in [0, 0.05) is 25.6 Å². The Hall–Kier alpha value is -2.38. The molecule has 0 aliphatic heterocycles. The van der Waals surface area contributed by atoms with Crippen LogP contribution in [0.4, 0.5) is 0 Å². The van der Waals surface area contributed by atoms with Crippen molar-refractivity contribution in [1.82, 2.24) is 25.9 Å². The van der Waals surface area contributed by atoms with Gasteiger partial charge in [0.2, 0.25) is 5.89 Å². The third-order valence-corrected chi connectivity index (χ3v) is 3.34. The molecule has 0 unspecified atom stereocenters. The molecule has 0 aromatic carbocycles. The van der Waals surface area contributed by atoms with Crippen LogP contribution in [0.2, 0.25) is 0 Å². The first-order valence-corrected chi connectivity index (χ1v) is 8.35. The Labute approximate surface area is 142 Å². The first-order valence-electron chi connectivity index (χ1n) is 8.35. The van der Waals surface area contributed by atoms with E-state index in [1.165, 1.54) is 0 Å². The summed E-state index contributed by atoms with van der Waals surface area (Å²) in [7, 11) is 0. The molecule has 0 spiro atoms. The lowest BCUT2D eigenvalue weighted by Crippen LogP contribution is -2.37. The van der Waals surface area contributed by atoms with E-state index in [0.717, 1.165) is 43.3 Å². The van der Waals surface area contributed by atoms with Gasteiger partial charge in [0.15, 0.2) is 17.5 Å². The second-order valence-corrected chi connectivity index (χ2v) is 5.83. The second-order valence-electron chi connectivity index (χ2n) is 5.83. The zero-order valence-electron chi connectivity index (χ0n) is 14.8. The van der Waals surface area contributed by atoms with Crippen LogP contribution in [0.3, 0.4) is 0 Å². The first kappa shape index (κ1) is 18.0. The van der Waals surface area contributed by atoms with Gasteiger partial charge in [-0.1, -0.05) is 24.2 Å². The van der Waals surface area contributed by atoms with Crippen LogP contribution in [0.5, 0.6) is 0 Å². The van der Waals surface area contributed by atoms with Crippen molar-refractivity contribution in [2.24, 2.45) is 4.99 Å². The van der Waals surface area contributed by atoms with Gasteiger partial charge < -0.3 is 19.7 Å². The first-order chi connectivity index (χ1) is 11.6. The molecule has 0 saturated heterocycles. The number of hydrogen-bond donors (Lipinski definition) is 2. The zero-order valence-corrected chi connectivity index (χ0v) is 14.8. The highest BCUT2D eigenvalue weighted by Crippen LogP contribution is 2.14. The number of aromatic nitrogens is 3. The zero-order chi connectivity index (χ0) is 17.4. The van der Waals surface area contributed by atoms with E-state index in [1.54, 1.807) is 0 Å².